The molecule has 4 aromatic rings. The van der Waals surface area contributed by atoms with Crippen LogP contribution in [0.5, 0.6) is 0 Å². The zero-order valence-corrected chi connectivity index (χ0v) is 19.8. The number of fused-ring (bicyclic) bond motifs is 1. The predicted octanol–water partition coefficient (Wildman–Crippen LogP) is 6.39. The summed E-state index contributed by atoms with van der Waals surface area (Å²) in [6.07, 6.45) is 1.30. The van der Waals surface area contributed by atoms with Crippen LogP contribution < -0.4 is 5.43 Å². The Morgan fingerprint density at radius 1 is 1.19 bits per heavy atom. The average molecular weight is 615 g/mol. The highest BCUT2D eigenvalue weighted by Crippen LogP contribution is 2.32. The fourth-order valence-electron chi connectivity index (χ4n) is 2.78. The molecule has 0 saturated heterocycles. The molecule has 0 unspecified atom stereocenters. The largest absolute Gasteiger partial charge is 0.455 e. The SMILES string of the molecule is O=C(N/N=C\c1ccc(-c2cc([N+](=O)[O-])ccc2Cl)o1)c1cc2cc(Br)cc(I)c2o1. The van der Waals surface area contributed by atoms with Crippen molar-refractivity contribution in [3.8, 4) is 11.3 Å². The summed E-state index contributed by atoms with van der Waals surface area (Å²) < 4.78 is 13.0. The zero-order chi connectivity index (χ0) is 22.1. The molecule has 0 aliphatic carbocycles. The monoisotopic (exact) mass is 613 g/mol. The molecule has 31 heavy (non-hydrogen) atoms. The number of carbonyl (C=O) groups excluding carboxylic acids is 1. The second-order valence-electron chi connectivity index (χ2n) is 6.24. The van der Waals surface area contributed by atoms with E-state index in [0.717, 1.165) is 13.4 Å². The topological polar surface area (TPSA) is 111 Å². The van der Waals surface area contributed by atoms with Gasteiger partial charge in [-0.1, -0.05) is 27.5 Å². The van der Waals surface area contributed by atoms with Crippen molar-refractivity contribution in [2.45, 2.75) is 0 Å². The molecule has 8 nitrogen and oxygen atoms in total. The Labute approximate surface area is 201 Å². The fourth-order valence-corrected chi connectivity index (χ4v) is 4.65. The van der Waals surface area contributed by atoms with Crippen molar-refractivity contribution < 1.29 is 18.6 Å². The molecule has 0 bridgehead atoms. The highest BCUT2D eigenvalue weighted by atomic mass is 127. The molecule has 1 N–H and O–H groups in total. The minimum atomic E-state index is -0.520. The Morgan fingerprint density at radius 2 is 2.00 bits per heavy atom. The molecule has 0 spiro atoms. The van der Waals surface area contributed by atoms with Gasteiger partial charge in [-0.2, -0.15) is 5.10 Å². The number of benzene rings is 2. The van der Waals surface area contributed by atoms with E-state index in [4.69, 9.17) is 20.4 Å². The average Bonchev–Trinajstić information content (AvgIpc) is 3.35. The van der Waals surface area contributed by atoms with Crippen molar-refractivity contribution in [1.82, 2.24) is 5.43 Å². The summed E-state index contributed by atoms with van der Waals surface area (Å²) in [5.41, 5.74) is 3.26. The van der Waals surface area contributed by atoms with E-state index in [1.165, 1.54) is 24.4 Å². The van der Waals surface area contributed by atoms with Crippen LogP contribution in [0.1, 0.15) is 16.3 Å². The van der Waals surface area contributed by atoms with Gasteiger partial charge in [0.05, 0.1) is 19.7 Å². The van der Waals surface area contributed by atoms with Gasteiger partial charge in [0.1, 0.15) is 17.1 Å². The van der Waals surface area contributed by atoms with Crippen LogP contribution in [-0.2, 0) is 0 Å². The molecular formula is C20H10BrClIN3O5. The summed E-state index contributed by atoms with van der Waals surface area (Å²) >= 11 is 11.7. The number of hydrogen-bond acceptors (Lipinski definition) is 6. The number of carbonyl (C=O) groups is 1. The highest BCUT2D eigenvalue weighted by molar-refractivity contribution is 14.1. The third kappa shape index (κ3) is 4.65. The van der Waals surface area contributed by atoms with Gasteiger partial charge in [-0.3, -0.25) is 14.9 Å². The standard InChI is InChI=1S/C20H10BrClIN3O5/c21-11-5-10-6-18(31-19(10)16(23)7-11)20(27)25-24-9-13-2-4-17(30-13)14-8-12(26(28)29)1-3-15(14)22/h1-9H,(H,25,27)/b24-9-. The Kier molecular flexibility index (Phi) is 6.12. The maximum atomic E-state index is 12.3. The highest BCUT2D eigenvalue weighted by Gasteiger charge is 2.15. The van der Waals surface area contributed by atoms with Crippen LogP contribution in [0.25, 0.3) is 22.3 Å². The summed E-state index contributed by atoms with van der Waals surface area (Å²) in [6, 6.07) is 12.6. The van der Waals surface area contributed by atoms with Gasteiger partial charge in [-0.15, -0.1) is 0 Å². The summed E-state index contributed by atoms with van der Waals surface area (Å²) in [6.45, 7) is 0. The first-order chi connectivity index (χ1) is 14.8. The van der Waals surface area contributed by atoms with Gasteiger partial charge in [0.25, 0.3) is 5.69 Å². The smallest absolute Gasteiger partial charge is 0.307 e. The molecule has 11 heteroatoms. The molecule has 156 valence electrons. The molecule has 4 rings (SSSR count). The molecule has 0 saturated carbocycles. The Balaban J connectivity index is 1.49. The van der Waals surface area contributed by atoms with Gasteiger partial charge in [-0.25, -0.2) is 5.43 Å². The number of nitro benzene ring substituents is 1. The number of hydrazone groups is 1. The third-order valence-electron chi connectivity index (χ3n) is 4.17. The number of hydrogen-bond donors (Lipinski definition) is 1. The molecule has 2 heterocycles. The molecule has 0 radical (unpaired) electrons. The molecule has 0 atom stereocenters. The first-order valence-corrected chi connectivity index (χ1v) is 10.8. The normalized spacial score (nSPS) is 11.3. The zero-order valence-electron chi connectivity index (χ0n) is 15.3. The molecular weight excluding hydrogens is 604 g/mol. The fraction of sp³-hybridized carbons (Fsp3) is 0. The number of rotatable bonds is 5. The number of nitrogens with one attached hydrogen (secondary N) is 1. The molecule has 0 fully saturated rings. The van der Waals surface area contributed by atoms with E-state index in [1.54, 1.807) is 18.2 Å². The summed E-state index contributed by atoms with van der Waals surface area (Å²) in [7, 11) is 0. The van der Waals surface area contributed by atoms with Crippen molar-refractivity contribution in [1.29, 1.82) is 0 Å². The second-order valence-corrected chi connectivity index (χ2v) is 8.72. The van der Waals surface area contributed by atoms with Gasteiger partial charge < -0.3 is 8.83 Å². The Bertz CT molecular complexity index is 1360. The summed E-state index contributed by atoms with van der Waals surface area (Å²) in [4.78, 5) is 22.8. The molecule has 2 aromatic carbocycles. The van der Waals surface area contributed by atoms with Crippen LogP contribution in [0.4, 0.5) is 5.69 Å². The maximum absolute atomic E-state index is 12.3. The Hall–Kier alpha value is -2.70. The number of furan rings is 2. The minimum Gasteiger partial charge on any atom is -0.455 e. The van der Waals surface area contributed by atoms with Gasteiger partial charge in [-0.05, 0) is 59.0 Å². The number of amides is 1. The maximum Gasteiger partial charge on any atom is 0.307 e. The van der Waals surface area contributed by atoms with Crippen LogP contribution >= 0.6 is 50.1 Å². The summed E-state index contributed by atoms with van der Waals surface area (Å²) in [5.74, 6) is 0.249. The van der Waals surface area contributed by atoms with Crippen LogP contribution in [0.2, 0.25) is 5.02 Å². The van der Waals surface area contributed by atoms with Gasteiger partial charge in [0, 0.05) is 27.6 Å². The van der Waals surface area contributed by atoms with Gasteiger partial charge in [0.15, 0.2) is 5.76 Å². The lowest BCUT2D eigenvalue weighted by molar-refractivity contribution is -0.384. The summed E-state index contributed by atoms with van der Waals surface area (Å²) in [5, 5.41) is 15.9. The van der Waals surface area contributed by atoms with Crippen molar-refractivity contribution in [2.75, 3.05) is 0 Å². The second kappa shape index (κ2) is 8.81. The van der Waals surface area contributed by atoms with Crippen molar-refractivity contribution >= 4 is 78.9 Å². The quantitative estimate of drug-likeness (QED) is 0.121. The lowest BCUT2D eigenvalue weighted by Crippen LogP contribution is -2.16. The Morgan fingerprint density at radius 3 is 2.77 bits per heavy atom. The van der Waals surface area contributed by atoms with Crippen LogP contribution in [0, 0.1) is 13.7 Å². The number of nitrogens with zero attached hydrogens (tertiary/aromatic N) is 2. The van der Waals surface area contributed by atoms with E-state index < -0.39 is 10.8 Å². The van der Waals surface area contributed by atoms with Gasteiger partial charge in [0.2, 0.25) is 0 Å². The lowest BCUT2D eigenvalue weighted by atomic mass is 10.1. The lowest BCUT2D eigenvalue weighted by Gasteiger charge is -2.00. The predicted molar refractivity (Wildman–Crippen MR) is 127 cm³/mol. The van der Waals surface area contributed by atoms with Crippen LogP contribution in [-0.4, -0.2) is 17.0 Å². The number of nitro groups is 1. The third-order valence-corrected chi connectivity index (χ3v) is 5.76. The van der Waals surface area contributed by atoms with E-state index in [1.807, 2.05) is 12.1 Å². The first-order valence-electron chi connectivity index (χ1n) is 8.58. The van der Waals surface area contributed by atoms with Gasteiger partial charge >= 0.3 is 5.91 Å². The van der Waals surface area contributed by atoms with Crippen molar-refractivity contribution in [2.24, 2.45) is 5.10 Å². The van der Waals surface area contributed by atoms with E-state index in [9.17, 15) is 14.9 Å². The minimum absolute atomic E-state index is 0.106. The van der Waals surface area contributed by atoms with E-state index >= 15 is 0 Å². The molecule has 0 aliphatic rings. The number of halogens is 3. The van der Waals surface area contributed by atoms with Crippen molar-refractivity contribution in [3.05, 3.63) is 83.2 Å². The van der Waals surface area contributed by atoms with Crippen LogP contribution in [0.3, 0.4) is 0 Å². The number of non-ortho nitro benzene ring substituents is 1. The van der Waals surface area contributed by atoms with E-state index in [2.05, 4.69) is 49.0 Å². The molecule has 0 aliphatic heterocycles. The van der Waals surface area contributed by atoms with E-state index in [-0.39, 0.29) is 11.4 Å². The van der Waals surface area contributed by atoms with Crippen molar-refractivity contribution in [3.63, 3.8) is 0 Å². The molecule has 2 aromatic heterocycles. The molecule has 1 amide bonds. The first kappa shape index (κ1) is 21.5. The van der Waals surface area contributed by atoms with Crippen LogP contribution in [0.15, 0.2) is 66.9 Å². The van der Waals surface area contributed by atoms with E-state index in [0.29, 0.717) is 27.7 Å².